The van der Waals surface area contributed by atoms with E-state index in [1.165, 1.54) is 11.8 Å². The second-order valence-corrected chi connectivity index (χ2v) is 6.66. The molecule has 1 aromatic heterocycles. The van der Waals surface area contributed by atoms with Gasteiger partial charge in [-0.3, -0.25) is 4.79 Å². The molecule has 0 aliphatic carbocycles. The average Bonchev–Trinajstić information content (AvgIpc) is 2.60. The van der Waals surface area contributed by atoms with Gasteiger partial charge in [0.1, 0.15) is 5.75 Å². The third-order valence-electron chi connectivity index (χ3n) is 4.17. The Kier molecular flexibility index (Phi) is 6.82. The quantitative estimate of drug-likeness (QED) is 0.604. The number of carbonyl (C=O) groups excluding carboxylic acids is 1. The van der Waals surface area contributed by atoms with Gasteiger partial charge in [-0.1, -0.05) is 30.0 Å². The molecule has 134 valence electrons. The van der Waals surface area contributed by atoms with Crippen LogP contribution in [0.3, 0.4) is 0 Å². The number of hydrogen-bond acceptors (Lipinski definition) is 5. The molecule has 0 aliphatic rings. The van der Waals surface area contributed by atoms with Crippen LogP contribution in [0.15, 0.2) is 29.4 Å². The van der Waals surface area contributed by atoms with Crippen molar-refractivity contribution in [3.05, 3.63) is 46.8 Å². The third-order valence-corrected chi connectivity index (χ3v) is 4.72. The Balaban J connectivity index is 1.99. The van der Waals surface area contributed by atoms with Gasteiger partial charge in [0.15, 0.2) is 5.16 Å². The van der Waals surface area contributed by atoms with E-state index in [2.05, 4.69) is 15.3 Å². The number of nitrogens with zero attached hydrogens (tertiary/aromatic N) is 2. The summed E-state index contributed by atoms with van der Waals surface area (Å²) in [6, 6.07) is 7.61. The SMILES string of the molecule is COc1ccccc1[C@H](C)NC(=O)CCc1c(C)nc(SC)nc1C. The third kappa shape index (κ3) is 4.95. The lowest BCUT2D eigenvalue weighted by Gasteiger charge is -2.17. The molecule has 0 spiro atoms. The van der Waals surface area contributed by atoms with Crippen molar-refractivity contribution < 1.29 is 9.53 Å². The van der Waals surface area contributed by atoms with Crippen molar-refractivity contribution in [3.63, 3.8) is 0 Å². The maximum absolute atomic E-state index is 12.3. The molecule has 2 rings (SSSR count). The van der Waals surface area contributed by atoms with Crippen molar-refractivity contribution in [2.45, 2.75) is 44.8 Å². The molecule has 0 fully saturated rings. The van der Waals surface area contributed by atoms with E-state index in [4.69, 9.17) is 4.74 Å². The normalized spacial score (nSPS) is 11.9. The number of rotatable bonds is 7. The van der Waals surface area contributed by atoms with Crippen molar-refractivity contribution >= 4 is 17.7 Å². The first-order valence-corrected chi connectivity index (χ1v) is 9.49. The molecule has 0 saturated carbocycles. The van der Waals surface area contributed by atoms with Gasteiger partial charge in [-0.05, 0) is 45.1 Å². The van der Waals surface area contributed by atoms with Gasteiger partial charge in [-0.2, -0.15) is 0 Å². The number of aryl methyl sites for hydroxylation is 2. The summed E-state index contributed by atoms with van der Waals surface area (Å²) in [4.78, 5) is 21.3. The van der Waals surface area contributed by atoms with Gasteiger partial charge in [0.25, 0.3) is 0 Å². The van der Waals surface area contributed by atoms with Crippen molar-refractivity contribution in [1.82, 2.24) is 15.3 Å². The van der Waals surface area contributed by atoms with Gasteiger partial charge in [-0.15, -0.1) is 0 Å². The smallest absolute Gasteiger partial charge is 0.220 e. The second-order valence-electron chi connectivity index (χ2n) is 5.89. The molecule has 0 aliphatic heterocycles. The molecule has 1 amide bonds. The van der Waals surface area contributed by atoms with E-state index in [0.29, 0.717) is 12.8 Å². The summed E-state index contributed by atoms with van der Waals surface area (Å²) in [5.41, 5.74) is 3.92. The Bertz CT molecular complexity index is 726. The lowest BCUT2D eigenvalue weighted by molar-refractivity contribution is -0.121. The first-order chi connectivity index (χ1) is 12.0. The van der Waals surface area contributed by atoms with Gasteiger partial charge >= 0.3 is 0 Å². The monoisotopic (exact) mass is 359 g/mol. The number of benzene rings is 1. The Morgan fingerprint density at radius 3 is 2.48 bits per heavy atom. The minimum atomic E-state index is -0.110. The predicted molar refractivity (Wildman–Crippen MR) is 101 cm³/mol. The van der Waals surface area contributed by atoms with Crippen LogP contribution >= 0.6 is 11.8 Å². The summed E-state index contributed by atoms with van der Waals surface area (Å²) >= 11 is 1.53. The van der Waals surface area contributed by atoms with Gasteiger partial charge < -0.3 is 10.1 Å². The molecule has 0 saturated heterocycles. The van der Waals surface area contributed by atoms with Crippen LogP contribution in [0.4, 0.5) is 0 Å². The van der Waals surface area contributed by atoms with Gasteiger partial charge in [-0.25, -0.2) is 9.97 Å². The Labute approximate surface area is 153 Å². The van der Waals surface area contributed by atoms with E-state index in [-0.39, 0.29) is 11.9 Å². The summed E-state index contributed by atoms with van der Waals surface area (Å²) in [6.07, 6.45) is 3.00. The number of aromatic nitrogens is 2. The minimum Gasteiger partial charge on any atom is -0.496 e. The highest BCUT2D eigenvalue weighted by molar-refractivity contribution is 7.98. The summed E-state index contributed by atoms with van der Waals surface area (Å²) in [7, 11) is 1.64. The number of thioether (sulfide) groups is 1. The molecular formula is C19H25N3O2S. The van der Waals surface area contributed by atoms with Gasteiger partial charge in [0.05, 0.1) is 13.2 Å². The van der Waals surface area contributed by atoms with Crippen molar-refractivity contribution in [2.75, 3.05) is 13.4 Å². The van der Waals surface area contributed by atoms with Crippen LogP contribution < -0.4 is 10.1 Å². The van der Waals surface area contributed by atoms with Crippen molar-refractivity contribution in [3.8, 4) is 5.75 Å². The highest BCUT2D eigenvalue weighted by Gasteiger charge is 2.15. The molecule has 25 heavy (non-hydrogen) atoms. The van der Waals surface area contributed by atoms with Gasteiger partial charge in [0.2, 0.25) is 5.91 Å². The molecule has 0 bridgehead atoms. The molecule has 1 atom stereocenters. The largest absolute Gasteiger partial charge is 0.496 e. The summed E-state index contributed by atoms with van der Waals surface area (Å²) in [6.45, 7) is 5.90. The fourth-order valence-electron chi connectivity index (χ4n) is 2.82. The number of nitrogens with one attached hydrogen (secondary N) is 1. The highest BCUT2D eigenvalue weighted by atomic mass is 32.2. The van der Waals surface area contributed by atoms with Crippen LogP contribution in [0.25, 0.3) is 0 Å². The van der Waals surface area contributed by atoms with Crippen LogP contribution in [0.2, 0.25) is 0 Å². The number of hydrogen-bond donors (Lipinski definition) is 1. The fourth-order valence-corrected chi connectivity index (χ4v) is 3.27. The first kappa shape index (κ1) is 19.2. The molecule has 2 aromatic rings. The molecule has 1 N–H and O–H groups in total. The molecule has 0 unspecified atom stereocenters. The fraction of sp³-hybridized carbons (Fsp3) is 0.421. The van der Waals surface area contributed by atoms with E-state index < -0.39 is 0 Å². The van der Waals surface area contributed by atoms with Crippen LogP contribution in [-0.2, 0) is 11.2 Å². The molecule has 5 nitrogen and oxygen atoms in total. The average molecular weight is 359 g/mol. The maximum atomic E-state index is 12.3. The van der Waals surface area contributed by atoms with Crippen molar-refractivity contribution in [2.24, 2.45) is 0 Å². The predicted octanol–water partition coefficient (Wildman–Crippen LogP) is 3.63. The zero-order valence-electron chi connectivity index (χ0n) is 15.4. The van der Waals surface area contributed by atoms with Crippen LogP contribution in [0.5, 0.6) is 5.75 Å². The maximum Gasteiger partial charge on any atom is 0.220 e. The van der Waals surface area contributed by atoms with E-state index in [9.17, 15) is 4.79 Å². The lowest BCUT2D eigenvalue weighted by atomic mass is 10.0. The standard InChI is InChI=1S/C19H25N3O2S/c1-12-15(13(2)22-19(21-12)25-5)10-11-18(23)20-14(3)16-8-6-7-9-17(16)24-4/h6-9,14H,10-11H2,1-5H3,(H,20,23)/t14-/m0/s1. The van der Waals surface area contributed by atoms with Crippen LogP contribution in [0.1, 0.15) is 41.9 Å². The number of carbonyl (C=O) groups is 1. The topological polar surface area (TPSA) is 64.1 Å². The minimum absolute atomic E-state index is 0.00569. The molecule has 1 heterocycles. The van der Waals surface area contributed by atoms with Crippen LogP contribution in [0, 0.1) is 13.8 Å². The van der Waals surface area contributed by atoms with E-state index in [1.807, 2.05) is 51.3 Å². The number of methoxy groups -OCH3 is 1. The highest BCUT2D eigenvalue weighted by Crippen LogP contribution is 2.24. The summed E-state index contributed by atoms with van der Waals surface area (Å²) in [5.74, 6) is 0.786. The van der Waals surface area contributed by atoms with E-state index >= 15 is 0 Å². The molecule has 0 radical (unpaired) electrons. The molecular weight excluding hydrogens is 334 g/mol. The number of ether oxygens (including phenoxy) is 1. The summed E-state index contributed by atoms with van der Waals surface area (Å²) in [5, 5.41) is 3.81. The zero-order valence-corrected chi connectivity index (χ0v) is 16.2. The molecule has 1 aromatic carbocycles. The summed E-state index contributed by atoms with van der Waals surface area (Å²) < 4.78 is 5.36. The second kappa shape index (κ2) is 8.85. The first-order valence-electron chi connectivity index (χ1n) is 8.26. The van der Waals surface area contributed by atoms with E-state index in [0.717, 1.165) is 33.4 Å². The number of amides is 1. The van der Waals surface area contributed by atoms with Crippen LogP contribution in [-0.4, -0.2) is 29.2 Å². The molecule has 6 heteroatoms. The lowest BCUT2D eigenvalue weighted by Crippen LogP contribution is -2.27. The van der Waals surface area contributed by atoms with Gasteiger partial charge in [0, 0.05) is 23.4 Å². The van der Waals surface area contributed by atoms with E-state index in [1.54, 1.807) is 7.11 Å². The number of para-hydroxylation sites is 1. The zero-order chi connectivity index (χ0) is 18.4. The Morgan fingerprint density at radius 2 is 1.88 bits per heavy atom. The Hall–Kier alpha value is -2.08. The van der Waals surface area contributed by atoms with Crippen molar-refractivity contribution in [1.29, 1.82) is 0 Å². The Morgan fingerprint density at radius 1 is 1.24 bits per heavy atom.